The molecule has 0 bridgehead atoms. The maximum Gasteiger partial charge on any atom is 0.252 e. The molecule has 3 nitrogen and oxygen atoms in total. The fourth-order valence-corrected chi connectivity index (χ4v) is 16.5. The summed E-state index contributed by atoms with van der Waals surface area (Å²) >= 11 is 1.99. The zero-order valence-electron chi connectivity index (χ0n) is 41.4. The molecule has 67 heavy (non-hydrogen) atoms. The fraction of sp³-hybridized carbons (Fsp3) is 0.387. The van der Waals surface area contributed by atoms with E-state index in [4.69, 9.17) is 0 Å². The van der Waals surface area contributed by atoms with Gasteiger partial charge in [0.15, 0.2) is 0 Å². The molecule has 2 fully saturated rings. The Kier molecular flexibility index (Phi) is 7.84. The highest BCUT2D eigenvalue weighted by Crippen LogP contribution is 2.65. The molecule has 336 valence electrons. The molecule has 2 saturated carbocycles. The number of fused-ring (bicyclic) bond motifs is 15. The van der Waals surface area contributed by atoms with E-state index in [2.05, 4.69) is 193 Å². The van der Waals surface area contributed by atoms with Gasteiger partial charge in [0.1, 0.15) is 4.83 Å². The second-order valence-electron chi connectivity index (χ2n) is 24.8. The predicted molar refractivity (Wildman–Crippen MR) is 289 cm³/mol. The lowest BCUT2D eigenvalue weighted by Gasteiger charge is -2.53. The van der Waals surface area contributed by atoms with Gasteiger partial charge in [0, 0.05) is 60.1 Å². The quantitative estimate of drug-likeness (QED) is 0.160. The first kappa shape index (κ1) is 40.8. The highest BCUT2D eigenvalue weighted by atomic mass is 32.1. The summed E-state index contributed by atoms with van der Waals surface area (Å²) in [4.78, 5) is 7.23. The van der Waals surface area contributed by atoms with Gasteiger partial charge >= 0.3 is 0 Å². The van der Waals surface area contributed by atoms with Crippen molar-refractivity contribution in [3.05, 3.63) is 131 Å². The second kappa shape index (κ2) is 12.9. The van der Waals surface area contributed by atoms with Crippen molar-refractivity contribution in [2.75, 3.05) is 9.80 Å². The maximum absolute atomic E-state index is 2.97. The van der Waals surface area contributed by atoms with Crippen LogP contribution in [0.1, 0.15) is 143 Å². The van der Waals surface area contributed by atoms with Gasteiger partial charge in [-0.3, -0.25) is 0 Å². The van der Waals surface area contributed by atoms with Gasteiger partial charge in [-0.05, 0) is 137 Å². The minimum Gasteiger partial charge on any atom is -0.335 e. The Morgan fingerprint density at radius 1 is 0.537 bits per heavy atom. The van der Waals surface area contributed by atoms with E-state index in [1.807, 2.05) is 11.3 Å². The summed E-state index contributed by atoms with van der Waals surface area (Å²) < 4.78 is 4.15. The molecule has 0 amide bonds. The molecule has 6 aliphatic rings. The van der Waals surface area contributed by atoms with Crippen molar-refractivity contribution >= 4 is 88.4 Å². The summed E-state index contributed by atoms with van der Waals surface area (Å²) in [6.45, 7) is 25.2. The topological polar surface area (TPSA) is 11.4 Å². The molecule has 0 spiro atoms. The summed E-state index contributed by atoms with van der Waals surface area (Å²) in [7, 11) is 0. The molecule has 8 aromatic rings. The molecule has 4 atom stereocenters. The van der Waals surface area contributed by atoms with Crippen LogP contribution in [0.15, 0.2) is 109 Å². The minimum absolute atomic E-state index is 0.00114. The van der Waals surface area contributed by atoms with E-state index in [-0.39, 0.29) is 39.5 Å². The lowest BCUT2D eigenvalue weighted by molar-refractivity contribution is 0.194. The number of aromatic nitrogens is 1. The van der Waals surface area contributed by atoms with Crippen molar-refractivity contribution in [3.8, 4) is 16.8 Å². The van der Waals surface area contributed by atoms with Crippen molar-refractivity contribution in [2.24, 2.45) is 0 Å². The standard InChI is InChI=1S/C62H64BN3S/c1-57(2,3)39-31-43-52-42-22-14-15-23-51(42)67-56(52)64-49-35-41(65-48-25-24-38(37-20-12-11-13-21-37)30-44(48)59(7)26-16-18-28-61(59,65)9)36-50-53(49)63(46(33-39)54(43)64)47-34-40(58(4,5)6)32-45-55(47)66(50)62(10)29-19-17-27-60(45,62)8/h11-15,20-25,30-36H,16-19,26-29H2,1-10H3. The van der Waals surface area contributed by atoms with Crippen LogP contribution in [-0.2, 0) is 21.7 Å². The lowest BCUT2D eigenvalue weighted by atomic mass is 9.33. The van der Waals surface area contributed by atoms with E-state index >= 15 is 0 Å². The first-order chi connectivity index (χ1) is 32.0. The molecule has 0 radical (unpaired) electrons. The van der Waals surface area contributed by atoms with E-state index in [0.29, 0.717) is 0 Å². The molecule has 0 saturated heterocycles. The van der Waals surface area contributed by atoms with Gasteiger partial charge in [0.05, 0.1) is 16.6 Å². The first-order valence-electron chi connectivity index (χ1n) is 25.6. The van der Waals surface area contributed by atoms with Crippen LogP contribution in [0.5, 0.6) is 0 Å². The maximum atomic E-state index is 2.97. The number of anilines is 4. The zero-order valence-corrected chi connectivity index (χ0v) is 42.2. The van der Waals surface area contributed by atoms with Crippen LogP contribution in [0, 0.1) is 0 Å². The Balaban J connectivity index is 1.15. The third-order valence-electron chi connectivity index (χ3n) is 19.4. The molecule has 5 heteroatoms. The largest absolute Gasteiger partial charge is 0.335 e. The fourth-order valence-electron chi connectivity index (χ4n) is 15.3. The van der Waals surface area contributed by atoms with Gasteiger partial charge < -0.3 is 14.4 Å². The summed E-state index contributed by atoms with van der Waals surface area (Å²) in [5.41, 5.74) is 21.5. The first-order valence-corrected chi connectivity index (χ1v) is 26.5. The number of benzene rings is 6. The van der Waals surface area contributed by atoms with Crippen LogP contribution in [-0.4, -0.2) is 22.4 Å². The normalized spacial score (nSPS) is 25.7. The number of hydrogen-bond donors (Lipinski definition) is 0. The van der Waals surface area contributed by atoms with Crippen molar-refractivity contribution in [2.45, 2.75) is 153 Å². The van der Waals surface area contributed by atoms with Gasteiger partial charge in [0.2, 0.25) is 0 Å². The third kappa shape index (κ3) is 4.90. The van der Waals surface area contributed by atoms with Crippen molar-refractivity contribution in [3.63, 3.8) is 0 Å². The predicted octanol–water partition coefficient (Wildman–Crippen LogP) is 14.9. The Bertz CT molecular complexity index is 3490. The molecular weight excluding hydrogens is 830 g/mol. The van der Waals surface area contributed by atoms with E-state index in [1.165, 1.54) is 155 Å². The number of hydrogen-bond acceptors (Lipinski definition) is 3. The minimum atomic E-state index is -0.0933. The summed E-state index contributed by atoms with van der Waals surface area (Å²) in [6.07, 6.45) is 9.85. The van der Waals surface area contributed by atoms with E-state index < -0.39 is 0 Å². The lowest BCUT2D eigenvalue weighted by Crippen LogP contribution is -2.64. The summed E-state index contributed by atoms with van der Waals surface area (Å²) in [6, 6.07) is 43.8. The molecular formula is C62H64BN3S. The van der Waals surface area contributed by atoms with Crippen LogP contribution in [0.2, 0.25) is 0 Å². The van der Waals surface area contributed by atoms with Crippen molar-refractivity contribution < 1.29 is 0 Å². The number of nitrogens with zero attached hydrogens (tertiary/aromatic N) is 3. The highest BCUT2D eigenvalue weighted by molar-refractivity contribution is 7.26. The second-order valence-corrected chi connectivity index (χ2v) is 25.8. The Morgan fingerprint density at radius 2 is 1.16 bits per heavy atom. The Morgan fingerprint density at radius 3 is 1.90 bits per heavy atom. The highest BCUT2D eigenvalue weighted by Gasteiger charge is 2.63. The molecule has 4 aliphatic heterocycles. The van der Waals surface area contributed by atoms with E-state index in [0.717, 1.165) is 0 Å². The van der Waals surface area contributed by atoms with Crippen molar-refractivity contribution in [1.29, 1.82) is 0 Å². The van der Waals surface area contributed by atoms with Gasteiger partial charge in [0.25, 0.3) is 6.71 Å². The van der Waals surface area contributed by atoms with Crippen LogP contribution < -0.4 is 26.2 Å². The van der Waals surface area contributed by atoms with E-state index in [1.54, 1.807) is 5.56 Å². The van der Waals surface area contributed by atoms with E-state index in [9.17, 15) is 0 Å². The number of rotatable bonds is 2. The van der Waals surface area contributed by atoms with Crippen LogP contribution in [0.3, 0.4) is 0 Å². The zero-order chi connectivity index (χ0) is 45.9. The molecule has 4 unspecified atom stereocenters. The van der Waals surface area contributed by atoms with Gasteiger partial charge in [-0.15, -0.1) is 11.3 Å². The Hall–Kier alpha value is -5.26. The van der Waals surface area contributed by atoms with Crippen LogP contribution in [0.4, 0.5) is 22.7 Å². The van der Waals surface area contributed by atoms with Gasteiger partial charge in [-0.2, -0.15) is 0 Å². The monoisotopic (exact) mass is 893 g/mol. The molecule has 6 heterocycles. The Labute approximate surface area is 402 Å². The molecule has 14 rings (SSSR count). The van der Waals surface area contributed by atoms with Gasteiger partial charge in [-0.25, -0.2) is 0 Å². The molecule has 0 N–H and O–H groups in total. The SMILES string of the molecule is CC(C)(C)c1cc2c3c(c1)C1(C)CCCCC1(C)N3c1cc(N3c4ccc(-c5ccccc5)cc4C4(C)CCCCC34C)cc3c1B2c1cc(C(C)(C)C)cc2c4c5ccccc5sc4n-3c12. The average Bonchev–Trinajstić information content (AvgIpc) is 3.96. The summed E-state index contributed by atoms with van der Waals surface area (Å²) in [5, 5.41) is 4.22. The van der Waals surface area contributed by atoms with Gasteiger partial charge in [-0.1, -0.05) is 154 Å². The number of thiophene rings is 1. The van der Waals surface area contributed by atoms with Crippen LogP contribution >= 0.6 is 11.3 Å². The molecule has 2 aromatic heterocycles. The molecule has 6 aromatic carbocycles. The molecule has 2 aliphatic carbocycles. The van der Waals surface area contributed by atoms with Crippen LogP contribution in [0.25, 0.3) is 48.0 Å². The summed E-state index contributed by atoms with van der Waals surface area (Å²) in [5.74, 6) is 0. The van der Waals surface area contributed by atoms with Crippen molar-refractivity contribution in [1.82, 2.24) is 4.57 Å². The smallest absolute Gasteiger partial charge is 0.252 e. The third-order valence-corrected chi connectivity index (χ3v) is 20.5. The average molecular weight is 894 g/mol.